The smallest absolute Gasteiger partial charge is 0.148 e. The molecule has 0 fully saturated rings. The van der Waals surface area contributed by atoms with Gasteiger partial charge in [-0.25, -0.2) is 4.68 Å². The van der Waals surface area contributed by atoms with E-state index < -0.39 is 0 Å². The van der Waals surface area contributed by atoms with Crippen molar-refractivity contribution in [3.8, 4) is 6.07 Å². The van der Waals surface area contributed by atoms with Crippen LogP contribution in [-0.2, 0) is 0 Å². The quantitative estimate of drug-likeness (QED) is 0.803. The van der Waals surface area contributed by atoms with Crippen LogP contribution in [0.2, 0.25) is 0 Å². The molecule has 2 aromatic rings. The van der Waals surface area contributed by atoms with Crippen molar-refractivity contribution in [3.05, 3.63) is 53.7 Å². The molecule has 0 saturated heterocycles. The lowest BCUT2D eigenvalue weighted by molar-refractivity contribution is 0.886. The maximum Gasteiger partial charge on any atom is 0.148 e. The Morgan fingerprint density at radius 2 is 2.12 bits per heavy atom. The van der Waals surface area contributed by atoms with Gasteiger partial charge in [0.2, 0.25) is 0 Å². The summed E-state index contributed by atoms with van der Waals surface area (Å²) in [6.45, 7) is 0.713. The molecule has 0 atom stereocenters. The Labute approximate surface area is 98.8 Å². The first-order chi connectivity index (χ1) is 8.40. The summed E-state index contributed by atoms with van der Waals surface area (Å²) >= 11 is 0. The first kappa shape index (κ1) is 9.67. The number of benzene rings is 1. The Morgan fingerprint density at radius 3 is 2.88 bits per heavy atom. The minimum absolute atomic E-state index is 0.575. The number of aromatic nitrogens is 2. The molecule has 1 N–H and O–H groups in total. The monoisotopic (exact) mass is 222 g/mol. The summed E-state index contributed by atoms with van der Waals surface area (Å²) in [7, 11) is 0. The second-order valence-corrected chi connectivity index (χ2v) is 3.77. The van der Waals surface area contributed by atoms with E-state index in [1.54, 1.807) is 10.9 Å². The van der Waals surface area contributed by atoms with Crippen molar-refractivity contribution in [3.63, 3.8) is 0 Å². The second kappa shape index (κ2) is 3.80. The molecule has 0 bridgehead atoms. The van der Waals surface area contributed by atoms with Gasteiger partial charge in [-0.15, -0.1) is 0 Å². The zero-order valence-electron chi connectivity index (χ0n) is 9.09. The zero-order valence-corrected chi connectivity index (χ0v) is 9.09. The van der Waals surface area contributed by atoms with Crippen LogP contribution in [0.25, 0.3) is 5.70 Å². The predicted molar refractivity (Wildman–Crippen MR) is 65.2 cm³/mol. The third-order valence-electron chi connectivity index (χ3n) is 2.75. The molecule has 4 heteroatoms. The van der Waals surface area contributed by atoms with Crippen molar-refractivity contribution >= 4 is 11.5 Å². The summed E-state index contributed by atoms with van der Waals surface area (Å²) in [5.74, 6) is 0.772. The first-order valence-electron chi connectivity index (χ1n) is 5.38. The molecule has 17 heavy (non-hydrogen) atoms. The first-order valence-corrected chi connectivity index (χ1v) is 5.38. The number of nitrogens with zero attached hydrogens (tertiary/aromatic N) is 3. The van der Waals surface area contributed by atoms with Gasteiger partial charge in [0.25, 0.3) is 0 Å². The van der Waals surface area contributed by atoms with Crippen LogP contribution in [-0.4, -0.2) is 16.3 Å². The van der Waals surface area contributed by atoms with Gasteiger partial charge >= 0.3 is 0 Å². The van der Waals surface area contributed by atoms with Crippen LogP contribution in [0.5, 0.6) is 0 Å². The lowest BCUT2D eigenvalue weighted by Crippen LogP contribution is -2.15. The van der Waals surface area contributed by atoms with Gasteiger partial charge in [0, 0.05) is 6.54 Å². The molecule has 1 aliphatic rings. The number of rotatable bonds is 1. The van der Waals surface area contributed by atoms with E-state index in [0.29, 0.717) is 12.1 Å². The third-order valence-corrected chi connectivity index (χ3v) is 2.75. The van der Waals surface area contributed by atoms with Gasteiger partial charge in [0.05, 0.1) is 11.9 Å². The maximum atomic E-state index is 8.98. The highest BCUT2D eigenvalue weighted by Gasteiger charge is 2.17. The lowest BCUT2D eigenvalue weighted by Gasteiger charge is -2.17. The normalized spacial score (nSPS) is 13.2. The number of fused-ring (bicyclic) bond motifs is 1. The van der Waals surface area contributed by atoms with Crippen LogP contribution < -0.4 is 5.32 Å². The van der Waals surface area contributed by atoms with Crippen LogP contribution in [0.15, 0.2) is 42.6 Å². The molecule has 1 aromatic heterocycles. The molecule has 2 heterocycles. The third kappa shape index (κ3) is 1.49. The van der Waals surface area contributed by atoms with Crippen molar-refractivity contribution < 1.29 is 0 Å². The Kier molecular flexibility index (Phi) is 2.16. The van der Waals surface area contributed by atoms with Crippen LogP contribution >= 0.6 is 0 Å². The Morgan fingerprint density at radius 1 is 1.29 bits per heavy atom. The van der Waals surface area contributed by atoms with Crippen molar-refractivity contribution in [2.75, 3.05) is 11.9 Å². The highest BCUT2D eigenvalue weighted by molar-refractivity contribution is 5.73. The highest BCUT2D eigenvalue weighted by Crippen LogP contribution is 2.26. The molecular weight excluding hydrogens is 212 g/mol. The summed E-state index contributed by atoms with van der Waals surface area (Å²) < 4.78 is 1.78. The van der Waals surface area contributed by atoms with E-state index in [2.05, 4.69) is 22.6 Å². The average Bonchev–Trinajstić information content (AvgIpc) is 2.82. The second-order valence-electron chi connectivity index (χ2n) is 3.77. The minimum Gasteiger partial charge on any atom is -0.365 e. The number of nitriles is 1. The van der Waals surface area contributed by atoms with Crippen LogP contribution in [0.3, 0.4) is 0 Å². The van der Waals surface area contributed by atoms with Gasteiger partial charge in [-0.05, 0) is 11.6 Å². The Hall–Kier alpha value is -2.54. The molecule has 4 nitrogen and oxygen atoms in total. The standard InChI is InChI=1S/C13H10N4/c14-8-11-9-16-17-12(6-7-15-13(11)17)10-4-2-1-3-5-10/h1-6,9,15H,7H2. The van der Waals surface area contributed by atoms with Crippen molar-refractivity contribution in [2.24, 2.45) is 0 Å². The molecule has 3 rings (SSSR count). The van der Waals surface area contributed by atoms with E-state index in [-0.39, 0.29) is 0 Å². The summed E-state index contributed by atoms with van der Waals surface area (Å²) in [6.07, 6.45) is 3.65. The molecule has 0 amide bonds. The van der Waals surface area contributed by atoms with Gasteiger partial charge in [-0.1, -0.05) is 30.3 Å². The van der Waals surface area contributed by atoms with Gasteiger partial charge in [-0.3, -0.25) is 0 Å². The zero-order chi connectivity index (χ0) is 11.7. The molecule has 0 aliphatic carbocycles. The molecule has 0 spiro atoms. The number of nitrogens with one attached hydrogen (secondary N) is 1. The molecule has 0 radical (unpaired) electrons. The molecule has 0 saturated carbocycles. The molecule has 1 aliphatic heterocycles. The fourth-order valence-electron chi connectivity index (χ4n) is 1.96. The van der Waals surface area contributed by atoms with Gasteiger partial charge in [0.1, 0.15) is 17.5 Å². The van der Waals surface area contributed by atoms with Gasteiger partial charge in [-0.2, -0.15) is 10.4 Å². The highest BCUT2D eigenvalue weighted by atomic mass is 15.3. The van der Waals surface area contributed by atoms with Crippen molar-refractivity contribution in [2.45, 2.75) is 0 Å². The lowest BCUT2D eigenvalue weighted by atomic mass is 10.1. The summed E-state index contributed by atoms with van der Waals surface area (Å²) in [4.78, 5) is 0. The Balaban J connectivity index is 2.13. The van der Waals surface area contributed by atoms with E-state index >= 15 is 0 Å². The Bertz CT molecular complexity index is 617. The van der Waals surface area contributed by atoms with Crippen molar-refractivity contribution in [1.29, 1.82) is 5.26 Å². The van der Waals surface area contributed by atoms with Crippen LogP contribution in [0, 0.1) is 11.3 Å². The fourth-order valence-corrected chi connectivity index (χ4v) is 1.96. The number of hydrogen-bond donors (Lipinski definition) is 1. The topological polar surface area (TPSA) is 53.6 Å². The number of hydrogen-bond acceptors (Lipinski definition) is 3. The largest absolute Gasteiger partial charge is 0.365 e. The van der Waals surface area contributed by atoms with E-state index in [1.165, 1.54) is 0 Å². The fraction of sp³-hybridized carbons (Fsp3) is 0.0769. The van der Waals surface area contributed by atoms with Gasteiger partial charge < -0.3 is 5.32 Å². The average molecular weight is 222 g/mol. The SMILES string of the molecule is N#Cc1cnn2c1NCC=C2c1ccccc1. The molecular formula is C13H10N4. The van der Waals surface area contributed by atoms with E-state index in [0.717, 1.165) is 17.1 Å². The van der Waals surface area contributed by atoms with Gasteiger partial charge in [0.15, 0.2) is 0 Å². The predicted octanol–water partition coefficient (Wildman–Crippen LogP) is 2.07. The van der Waals surface area contributed by atoms with E-state index in [9.17, 15) is 0 Å². The van der Waals surface area contributed by atoms with E-state index in [1.807, 2.05) is 30.3 Å². The van der Waals surface area contributed by atoms with E-state index in [4.69, 9.17) is 5.26 Å². The maximum absolute atomic E-state index is 8.98. The van der Waals surface area contributed by atoms with Crippen LogP contribution in [0.4, 0.5) is 5.82 Å². The molecule has 1 aromatic carbocycles. The molecule has 82 valence electrons. The summed E-state index contributed by atoms with van der Waals surface area (Å²) in [5, 5.41) is 16.4. The van der Waals surface area contributed by atoms with Crippen molar-refractivity contribution in [1.82, 2.24) is 9.78 Å². The van der Waals surface area contributed by atoms with Crippen LogP contribution in [0.1, 0.15) is 11.1 Å². The summed E-state index contributed by atoms with van der Waals surface area (Å²) in [5.41, 5.74) is 2.69. The summed E-state index contributed by atoms with van der Waals surface area (Å²) in [6, 6.07) is 12.2. The molecule has 0 unspecified atom stereocenters. The minimum atomic E-state index is 0.575. The number of anilines is 1.